The first-order chi connectivity index (χ1) is 7.90. The molecule has 0 aliphatic heterocycles. The number of hydrogen-bond acceptors (Lipinski definition) is 2. The largest absolute Gasteiger partial charge is 0.345 e. The summed E-state index contributed by atoms with van der Waals surface area (Å²) in [5.74, 6) is -0.434. The Morgan fingerprint density at radius 3 is 2.35 bits per heavy atom. The molecule has 0 heterocycles. The van der Waals surface area contributed by atoms with Gasteiger partial charge in [0.05, 0.1) is 0 Å². The van der Waals surface area contributed by atoms with E-state index in [0.717, 1.165) is 11.3 Å². The molecule has 2 amide bonds. The fraction of sp³-hybridized carbons (Fsp3) is 0.385. The third-order valence-electron chi connectivity index (χ3n) is 2.59. The Kier molecular flexibility index (Phi) is 4.26. The fourth-order valence-corrected chi connectivity index (χ4v) is 1.44. The Morgan fingerprint density at radius 1 is 1.18 bits per heavy atom. The van der Waals surface area contributed by atoms with Gasteiger partial charge in [0.2, 0.25) is 11.8 Å². The van der Waals surface area contributed by atoms with E-state index in [0.29, 0.717) is 0 Å². The lowest BCUT2D eigenvalue weighted by Gasteiger charge is -2.13. The Morgan fingerprint density at radius 2 is 1.82 bits per heavy atom. The molecular weight excluding hydrogens is 216 g/mol. The van der Waals surface area contributed by atoms with Crippen LogP contribution in [-0.4, -0.2) is 17.9 Å². The van der Waals surface area contributed by atoms with Crippen LogP contribution < -0.4 is 10.6 Å². The SMILES string of the molecule is CC(=O)N[C@H](C)C(=O)Nc1ccc(C)c(C)c1. The molecule has 0 saturated carbocycles. The highest BCUT2D eigenvalue weighted by molar-refractivity contribution is 5.96. The minimum Gasteiger partial charge on any atom is -0.345 e. The number of anilines is 1. The van der Waals surface area contributed by atoms with Gasteiger partial charge in [-0.25, -0.2) is 0 Å². The molecule has 0 aromatic heterocycles. The molecule has 0 saturated heterocycles. The Bertz CT molecular complexity index is 441. The van der Waals surface area contributed by atoms with E-state index in [1.165, 1.54) is 12.5 Å². The molecule has 2 N–H and O–H groups in total. The second-order valence-corrected chi connectivity index (χ2v) is 4.21. The van der Waals surface area contributed by atoms with E-state index >= 15 is 0 Å². The number of nitrogens with one attached hydrogen (secondary N) is 2. The maximum atomic E-state index is 11.7. The number of carbonyl (C=O) groups is 2. The molecule has 0 unspecified atom stereocenters. The van der Waals surface area contributed by atoms with Crippen LogP contribution in [-0.2, 0) is 9.59 Å². The van der Waals surface area contributed by atoms with Crippen molar-refractivity contribution in [1.82, 2.24) is 5.32 Å². The zero-order chi connectivity index (χ0) is 13.0. The molecule has 17 heavy (non-hydrogen) atoms. The highest BCUT2D eigenvalue weighted by atomic mass is 16.2. The average Bonchev–Trinajstić information content (AvgIpc) is 2.22. The summed E-state index contributed by atoms with van der Waals surface area (Å²) in [5.41, 5.74) is 3.04. The van der Waals surface area contributed by atoms with Crippen molar-refractivity contribution >= 4 is 17.5 Å². The van der Waals surface area contributed by atoms with E-state index in [-0.39, 0.29) is 11.8 Å². The minimum absolute atomic E-state index is 0.215. The fourth-order valence-electron chi connectivity index (χ4n) is 1.44. The maximum absolute atomic E-state index is 11.7. The van der Waals surface area contributed by atoms with Crippen LogP contribution in [0.4, 0.5) is 5.69 Å². The lowest BCUT2D eigenvalue weighted by atomic mass is 10.1. The normalized spacial score (nSPS) is 11.8. The molecule has 1 aromatic carbocycles. The number of amides is 2. The Balaban J connectivity index is 2.67. The first-order valence-electron chi connectivity index (χ1n) is 5.55. The second-order valence-electron chi connectivity index (χ2n) is 4.21. The summed E-state index contributed by atoms with van der Waals surface area (Å²) in [5, 5.41) is 5.30. The van der Waals surface area contributed by atoms with Gasteiger partial charge in [-0.2, -0.15) is 0 Å². The summed E-state index contributed by atoms with van der Waals surface area (Å²) in [4.78, 5) is 22.5. The number of hydrogen-bond donors (Lipinski definition) is 2. The number of rotatable bonds is 3. The van der Waals surface area contributed by atoms with Crippen LogP contribution in [0.3, 0.4) is 0 Å². The predicted molar refractivity (Wildman–Crippen MR) is 67.8 cm³/mol. The van der Waals surface area contributed by atoms with Crippen LogP contribution in [0.1, 0.15) is 25.0 Å². The highest BCUT2D eigenvalue weighted by Gasteiger charge is 2.13. The summed E-state index contributed by atoms with van der Waals surface area (Å²) >= 11 is 0. The van der Waals surface area contributed by atoms with Crippen LogP contribution in [0, 0.1) is 13.8 Å². The van der Waals surface area contributed by atoms with Gasteiger partial charge in [0.25, 0.3) is 0 Å². The summed E-state index contributed by atoms with van der Waals surface area (Å²) in [6.07, 6.45) is 0. The van der Waals surface area contributed by atoms with E-state index in [1.807, 2.05) is 32.0 Å². The van der Waals surface area contributed by atoms with Gasteiger partial charge in [-0.15, -0.1) is 0 Å². The molecule has 0 fully saturated rings. The van der Waals surface area contributed by atoms with Crippen molar-refractivity contribution in [2.24, 2.45) is 0 Å². The summed E-state index contributed by atoms with van der Waals surface area (Å²) in [6, 6.07) is 5.18. The van der Waals surface area contributed by atoms with E-state index < -0.39 is 6.04 Å². The average molecular weight is 234 g/mol. The van der Waals surface area contributed by atoms with Crippen molar-refractivity contribution in [2.75, 3.05) is 5.32 Å². The van der Waals surface area contributed by atoms with Crippen molar-refractivity contribution in [3.05, 3.63) is 29.3 Å². The van der Waals surface area contributed by atoms with Crippen molar-refractivity contribution in [3.8, 4) is 0 Å². The number of benzene rings is 1. The topological polar surface area (TPSA) is 58.2 Å². The van der Waals surface area contributed by atoms with Gasteiger partial charge in [0, 0.05) is 12.6 Å². The zero-order valence-corrected chi connectivity index (χ0v) is 10.6. The van der Waals surface area contributed by atoms with Crippen LogP contribution in [0.5, 0.6) is 0 Å². The maximum Gasteiger partial charge on any atom is 0.246 e. The van der Waals surface area contributed by atoms with Gasteiger partial charge < -0.3 is 10.6 Å². The van der Waals surface area contributed by atoms with Gasteiger partial charge in [-0.05, 0) is 44.0 Å². The molecule has 0 aliphatic rings. The first kappa shape index (κ1) is 13.2. The van der Waals surface area contributed by atoms with Gasteiger partial charge in [0.15, 0.2) is 0 Å². The quantitative estimate of drug-likeness (QED) is 0.837. The predicted octanol–water partition coefficient (Wildman–Crippen LogP) is 1.77. The van der Waals surface area contributed by atoms with Crippen molar-refractivity contribution in [3.63, 3.8) is 0 Å². The molecule has 0 bridgehead atoms. The molecule has 92 valence electrons. The number of aryl methyl sites for hydroxylation is 2. The Labute approximate surface area is 101 Å². The first-order valence-corrected chi connectivity index (χ1v) is 5.55. The van der Waals surface area contributed by atoms with E-state index in [2.05, 4.69) is 10.6 Å². The third-order valence-corrected chi connectivity index (χ3v) is 2.59. The van der Waals surface area contributed by atoms with Crippen molar-refractivity contribution in [1.29, 1.82) is 0 Å². The van der Waals surface area contributed by atoms with Gasteiger partial charge in [-0.3, -0.25) is 9.59 Å². The smallest absolute Gasteiger partial charge is 0.246 e. The molecule has 0 aliphatic carbocycles. The van der Waals surface area contributed by atoms with E-state index in [1.54, 1.807) is 6.92 Å². The Hall–Kier alpha value is -1.84. The molecular formula is C13H18N2O2. The lowest BCUT2D eigenvalue weighted by Crippen LogP contribution is -2.40. The molecule has 0 spiro atoms. The van der Waals surface area contributed by atoms with Crippen molar-refractivity contribution in [2.45, 2.75) is 33.7 Å². The monoisotopic (exact) mass is 234 g/mol. The summed E-state index contributed by atoms with van der Waals surface area (Å²) in [6.45, 7) is 7.04. The molecule has 1 rings (SSSR count). The standard InChI is InChI=1S/C13H18N2O2/c1-8-5-6-12(7-9(8)2)15-13(17)10(3)14-11(4)16/h5-7,10H,1-4H3,(H,14,16)(H,15,17)/t10-/m1/s1. The highest BCUT2D eigenvalue weighted by Crippen LogP contribution is 2.14. The number of carbonyl (C=O) groups excluding carboxylic acids is 2. The lowest BCUT2D eigenvalue weighted by molar-refractivity contribution is -0.124. The van der Waals surface area contributed by atoms with E-state index in [4.69, 9.17) is 0 Å². The molecule has 4 nitrogen and oxygen atoms in total. The zero-order valence-electron chi connectivity index (χ0n) is 10.6. The van der Waals surface area contributed by atoms with Gasteiger partial charge in [-0.1, -0.05) is 6.07 Å². The van der Waals surface area contributed by atoms with E-state index in [9.17, 15) is 9.59 Å². The minimum atomic E-state index is -0.533. The van der Waals surface area contributed by atoms with Gasteiger partial charge in [0.1, 0.15) is 6.04 Å². The van der Waals surface area contributed by atoms with Crippen LogP contribution in [0.25, 0.3) is 0 Å². The van der Waals surface area contributed by atoms with Crippen LogP contribution >= 0.6 is 0 Å². The molecule has 4 heteroatoms. The van der Waals surface area contributed by atoms with Crippen LogP contribution in [0.2, 0.25) is 0 Å². The van der Waals surface area contributed by atoms with Gasteiger partial charge >= 0.3 is 0 Å². The summed E-state index contributed by atoms with van der Waals surface area (Å²) in [7, 11) is 0. The van der Waals surface area contributed by atoms with Crippen LogP contribution in [0.15, 0.2) is 18.2 Å². The second kappa shape index (κ2) is 5.48. The molecule has 0 radical (unpaired) electrons. The molecule has 1 atom stereocenters. The molecule has 1 aromatic rings. The van der Waals surface area contributed by atoms with Crippen molar-refractivity contribution < 1.29 is 9.59 Å². The summed E-state index contributed by atoms with van der Waals surface area (Å²) < 4.78 is 0. The third kappa shape index (κ3) is 3.90.